The molecule has 0 radical (unpaired) electrons. The predicted molar refractivity (Wildman–Crippen MR) is 72.0 cm³/mol. The van der Waals surface area contributed by atoms with Crippen molar-refractivity contribution in [1.29, 1.82) is 0 Å². The van der Waals surface area contributed by atoms with Gasteiger partial charge in [-0.2, -0.15) is 4.37 Å². The lowest BCUT2D eigenvalue weighted by Crippen LogP contribution is -2.42. The van der Waals surface area contributed by atoms with Crippen molar-refractivity contribution in [3.63, 3.8) is 0 Å². The zero-order valence-electron chi connectivity index (χ0n) is 10.6. The van der Waals surface area contributed by atoms with Crippen LogP contribution in [0.15, 0.2) is 0 Å². The van der Waals surface area contributed by atoms with Gasteiger partial charge in [0, 0.05) is 20.1 Å². The van der Waals surface area contributed by atoms with E-state index in [9.17, 15) is 9.90 Å². The van der Waals surface area contributed by atoms with Crippen molar-refractivity contribution >= 4 is 28.3 Å². The summed E-state index contributed by atoms with van der Waals surface area (Å²) in [5.74, 6) is 0.0558. The second kappa shape index (κ2) is 4.74. The molecule has 0 saturated carbocycles. The highest BCUT2D eigenvalue weighted by Gasteiger charge is 2.31. The molecule has 0 atom stereocenters. The van der Waals surface area contributed by atoms with Crippen LogP contribution in [0.3, 0.4) is 0 Å². The van der Waals surface area contributed by atoms with E-state index in [4.69, 9.17) is 5.73 Å². The second-order valence-electron chi connectivity index (χ2n) is 4.81. The van der Waals surface area contributed by atoms with Crippen LogP contribution in [0.2, 0.25) is 0 Å². The first-order chi connectivity index (χ1) is 8.44. The number of piperidine rings is 1. The van der Waals surface area contributed by atoms with Crippen LogP contribution in [-0.4, -0.2) is 41.1 Å². The maximum Gasteiger partial charge on any atom is 0.257 e. The highest BCUT2D eigenvalue weighted by atomic mass is 32.1. The molecule has 0 spiro atoms. The van der Waals surface area contributed by atoms with Crippen molar-refractivity contribution in [2.45, 2.75) is 25.4 Å². The molecule has 1 aromatic heterocycles. The number of aromatic nitrogens is 1. The first kappa shape index (κ1) is 13.1. The molecule has 0 unspecified atom stereocenters. The van der Waals surface area contributed by atoms with E-state index in [-0.39, 0.29) is 11.7 Å². The summed E-state index contributed by atoms with van der Waals surface area (Å²) < 4.78 is 4.05. The zero-order valence-corrected chi connectivity index (χ0v) is 11.4. The Kier molecular flexibility index (Phi) is 3.45. The third-order valence-corrected chi connectivity index (χ3v) is 4.21. The van der Waals surface area contributed by atoms with Gasteiger partial charge in [0.1, 0.15) is 10.6 Å². The first-order valence-corrected chi connectivity index (χ1v) is 6.66. The van der Waals surface area contributed by atoms with Crippen LogP contribution in [-0.2, 0) is 0 Å². The molecule has 1 fully saturated rings. The Bertz CT molecular complexity index is 448. The third-order valence-electron chi connectivity index (χ3n) is 3.28. The number of amides is 1. The fourth-order valence-corrected chi connectivity index (χ4v) is 2.90. The second-order valence-corrected chi connectivity index (χ2v) is 5.56. The Labute approximate surface area is 110 Å². The number of nitrogen functional groups attached to an aromatic ring is 1. The average molecular weight is 270 g/mol. The molecule has 0 aromatic carbocycles. The topological polar surface area (TPSA) is 91.5 Å². The summed E-state index contributed by atoms with van der Waals surface area (Å²) in [7, 11) is 1.57. The number of aliphatic hydroxyl groups is 1. The summed E-state index contributed by atoms with van der Waals surface area (Å²) in [6.07, 6.45) is 1.36. The van der Waals surface area contributed by atoms with Crippen LogP contribution in [0, 0.1) is 0 Å². The van der Waals surface area contributed by atoms with E-state index in [1.807, 2.05) is 6.92 Å². The quantitative estimate of drug-likeness (QED) is 0.725. The molecule has 1 saturated heterocycles. The Balaban J connectivity index is 2.22. The lowest BCUT2D eigenvalue weighted by molar-refractivity contribution is 0.0352. The Hall–Kier alpha value is -1.34. The van der Waals surface area contributed by atoms with E-state index in [1.165, 1.54) is 11.5 Å². The van der Waals surface area contributed by atoms with Gasteiger partial charge in [0.05, 0.1) is 5.60 Å². The Morgan fingerprint density at radius 2 is 2.17 bits per heavy atom. The molecule has 4 N–H and O–H groups in total. The molecule has 6 nitrogen and oxygen atoms in total. The Morgan fingerprint density at radius 1 is 1.56 bits per heavy atom. The van der Waals surface area contributed by atoms with Gasteiger partial charge in [0.25, 0.3) is 5.91 Å². The molecule has 2 heterocycles. The number of rotatable bonds is 2. The number of carbonyl (C=O) groups is 1. The van der Waals surface area contributed by atoms with Gasteiger partial charge >= 0.3 is 0 Å². The SMILES string of the molecule is CNC(=O)c1c(N)nsc1N1CCC(C)(O)CC1. The minimum Gasteiger partial charge on any atom is -0.390 e. The van der Waals surface area contributed by atoms with E-state index < -0.39 is 5.60 Å². The number of nitrogens with zero attached hydrogens (tertiary/aromatic N) is 2. The molecule has 1 aromatic rings. The van der Waals surface area contributed by atoms with Crippen molar-refractivity contribution in [3.05, 3.63) is 5.56 Å². The number of hydrogen-bond donors (Lipinski definition) is 3. The smallest absolute Gasteiger partial charge is 0.257 e. The summed E-state index contributed by atoms with van der Waals surface area (Å²) in [6.45, 7) is 3.25. The summed E-state index contributed by atoms with van der Waals surface area (Å²) in [5, 5.41) is 13.3. The molecular formula is C11H18N4O2S. The van der Waals surface area contributed by atoms with Gasteiger partial charge in [-0.05, 0) is 31.3 Å². The molecule has 100 valence electrons. The van der Waals surface area contributed by atoms with E-state index in [0.717, 1.165) is 5.00 Å². The van der Waals surface area contributed by atoms with Gasteiger partial charge < -0.3 is 21.1 Å². The first-order valence-electron chi connectivity index (χ1n) is 5.89. The average Bonchev–Trinajstić information content (AvgIpc) is 2.70. The van der Waals surface area contributed by atoms with Gasteiger partial charge in [0.2, 0.25) is 0 Å². The van der Waals surface area contributed by atoms with Gasteiger partial charge in [0.15, 0.2) is 5.82 Å². The van der Waals surface area contributed by atoms with Crippen LogP contribution in [0.4, 0.5) is 10.8 Å². The van der Waals surface area contributed by atoms with E-state index in [1.54, 1.807) is 7.05 Å². The normalized spacial score (nSPS) is 18.7. The van der Waals surface area contributed by atoms with Gasteiger partial charge in [-0.3, -0.25) is 4.79 Å². The lowest BCUT2D eigenvalue weighted by Gasteiger charge is -2.36. The van der Waals surface area contributed by atoms with Crippen LogP contribution in [0.5, 0.6) is 0 Å². The monoisotopic (exact) mass is 270 g/mol. The molecule has 1 aliphatic heterocycles. The van der Waals surface area contributed by atoms with Crippen molar-refractivity contribution in [1.82, 2.24) is 9.69 Å². The van der Waals surface area contributed by atoms with Crippen molar-refractivity contribution in [2.24, 2.45) is 0 Å². The predicted octanol–water partition coefficient (Wildman–Crippen LogP) is 0.436. The number of carbonyl (C=O) groups excluding carboxylic acids is 1. The highest BCUT2D eigenvalue weighted by Crippen LogP contribution is 2.34. The molecule has 1 aliphatic rings. The summed E-state index contributed by atoms with van der Waals surface area (Å²) >= 11 is 1.23. The third kappa shape index (κ3) is 2.41. The minimum absolute atomic E-state index is 0.214. The summed E-state index contributed by atoms with van der Waals surface area (Å²) in [6, 6.07) is 0. The van der Waals surface area contributed by atoms with Crippen molar-refractivity contribution in [3.8, 4) is 0 Å². The number of nitrogens with one attached hydrogen (secondary N) is 1. The summed E-state index contributed by atoms with van der Waals surface area (Å²) in [4.78, 5) is 13.9. The van der Waals surface area contributed by atoms with Crippen molar-refractivity contribution < 1.29 is 9.90 Å². The van der Waals surface area contributed by atoms with E-state index in [0.29, 0.717) is 31.5 Å². The standard InChI is InChI=1S/C11H18N4O2S/c1-11(17)3-5-15(6-4-11)10-7(9(16)13-2)8(12)14-18-10/h17H,3-6H2,1-2H3,(H2,12,14)(H,13,16). The highest BCUT2D eigenvalue weighted by molar-refractivity contribution is 7.11. The molecule has 18 heavy (non-hydrogen) atoms. The van der Waals surface area contributed by atoms with Crippen LogP contribution in [0.25, 0.3) is 0 Å². The van der Waals surface area contributed by atoms with E-state index >= 15 is 0 Å². The Morgan fingerprint density at radius 3 is 2.72 bits per heavy atom. The zero-order chi connectivity index (χ0) is 13.3. The fourth-order valence-electron chi connectivity index (χ4n) is 2.04. The van der Waals surface area contributed by atoms with Crippen LogP contribution < -0.4 is 16.0 Å². The number of hydrogen-bond acceptors (Lipinski definition) is 6. The van der Waals surface area contributed by atoms with Crippen LogP contribution >= 0.6 is 11.5 Å². The van der Waals surface area contributed by atoms with Crippen LogP contribution in [0.1, 0.15) is 30.1 Å². The largest absolute Gasteiger partial charge is 0.390 e. The molecule has 2 rings (SSSR count). The molecule has 1 amide bonds. The minimum atomic E-state index is -0.611. The molecule has 0 aliphatic carbocycles. The fraction of sp³-hybridized carbons (Fsp3) is 0.636. The number of nitrogens with two attached hydrogens (primary N) is 1. The van der Waals surface area contributed by atoms with Crippen molar-refractivity contribution in [2.75, 3.05) is 30.8 Å². The molecule has 7 heteroatoms. The molecular weight excluding hydrogens is 252 g/mol. The van der Waals surface area contributed by atoms with Gasteiger partial charge in [-0.1, -0.05) is 0 Å². The summed E-state index contributed by atoms with van der Waals surface area (Å²) in [5.41, 5.74) is 5.58. The lowest BCUT2D eigenvalue weighted by atomic mass is 9.94. The van der Waals surface area contributed by atoms with Gasteiger partial charge in [-0.15, -0.1) is 0 Å². The maximum atomic E-state index is 11.8. The van der Waals surface area contributed by atoms with Gasteiger partial charge in [-0.25, -0.2) is 0 Å². The molecule has 0 bridgehead atoms. The van der Waals surface area contributed by atoms with E-state index in [2.05, 4.69) is 14.6 Å². The maximum absolute atomic E-state index is 11.8. The number of anilines is 2.